The van der Waals surface area contributed by atoms with Gasteiger partial charge in [0.25, 0.3) is 0 Å². The van der Waals surface area contributed by atoms with E-state index in [1.165, 1.54) is 0 Å². The zero-order valence-electron chi connectivity index (χ0n) is 12.6. The molecule has 1 saturated heterocycles. The highest BCUT2D eigenvalue weighted by atomic mass is 35.5. The van der Waals surface area contributed by atoms with E-state index in [1.807, 2.05) is 38.1 Å². The van der Waals surface area contributed by atoms with Gasteiger partial charge in [-0.15, -0.1) is 0 Å². The minimum atomic E-state index is -0.165. The van der Waals surface area contributed by atoms with E-state index in [9.17, 15) is 4.79 Å². The summed E-state index contributed by atoms with van der Waals surface area (Å²) in [6, 6.07) is 7.22. The summed E-state index contributed by atoms with van der Waals surface area (Å²) in [4.78, 5) is 14.3. The maximum atomic E-state index is 12.5. The number of aryl methyl sites for hydroxylation is 2. The van der Waals surface area contributed by atoms with Crippen LogP contribution in [0.25, 0.3) is 0 Å². The number of urea groups is 1. The summed E-state index contributed by atoms with van der Waals surface area (Å²) in [7, 11) is 0. The van der Waals surface area contributed by atoms with Gasteiger partial charge in [-0.05, 0) is 44.4 Å². The summed E-state index contributed by atoms with van der Waals surface area (Å²) < 4.78 is 5.32. The van der Waals surface area contributed by atoms with Crippen LogP contribution in [0.3, 0.4) is 0 Å². The lowest BCUT2D eigenvalue weighted by Gasteiger charge is -2.23. The van der Waals surface area contributed by atoms with Crippen LogP contribution in [0.15, 0.2) is 28.8 Å². The molecule has 1 aliphatic rings. The fraction of sp³-hybridized carbons (Fsp3) is 0.375. The van der Waals surface area contributed by atoms with Crippen LogP contribution in [-0.4, -0.2) is 22.6 Å². The van der Waals surface area contributed by atoms with Crippen molar-refractivity contribution in [2.45, 2.75) is 32.7 Å². The minimum absolute atomic E-state index is 0.0644. The number of amides is 2. The number of hydrogen-bond acceptors (Lipinski definition) is 3. The Labute approximate surface area is 134 Å². The number of hydrogen-bond donors (Lipinski definition) is 1. The molecule has 0 unspecified atom stereocenters. The number of carbonyl (C=O) groups excluding carboxylic acids is 1. The maximum absolute atomic E-state index is 12.5. The number of nitrogens with one attached hydrogen (secondary N) is 1. The molecule has 0 saturated carbocycles. The molecule has 1 aromatic carbocycles. The van der Waals surface area contributed by atoms with E-state index < -0.39 is 0 Å². The van der Waals surface area contributed by atoms with Crippen molar-refractivity contribution >= 4 is 23.3 Å². The van der Waals surface area contributed by atoms with Gasteiger partial charge in [0.05, 0.1) is 22.4 Å². The van der Waals surface area contributed by atoms with Crippen molar-refractivity contribution in [3.8, 4) is 0 Å². The molecule has 1 aliphatic heterocycles. The third-order valence-corrected chi connectivity index (χ3v) is 4.17. The van der Waals surface area contributed by atoms with Crippen molar-refractivity contribution in [2.24, 2.45) is 0 Å². The van der Waals surface area contributed by atoms with Crippen molar-refractivity contribution in [3.05, 3.63) is 46.3 Å². The first-order chi connectivity index (χ1) is 10.5. The third kappa shape index (κ3) is 2.95. The molecule has 0 bridgehead atoms. The zero-order chi connectivity index (χ0) is 15.7. The fourth-order valence-corrected chi connectivity index (χ4v) is 3.04. The topological polar surface area (TPSA) is 58.4 Å². The number of nitrogens with zero attached hydrogens (tertiary/aromatic N) is 2. The Balaban J connectivity index is 1.76. The standard InChI is InChI=1S/C16H18ClN3O2/c1-10-5-6-13(12(17)8-10)18-16(21)20-7-3-4-14(20)15-9-11(2)19-22-15/h5-6,8-9,14H,3-4,7H2,1-2H3,(H,18,21)/t14-/m0/s1. The van der Waals surface area contributed by atoms with E-state index in [0.29, 0.717) is 17.3 Å². The van der Waals surface area contributed by atoms with Crippen molar-refractivity contribution in [1.29, 1.82) is 0 Å². The number of carbonyl (C=O) groups is 1. The predicted octanol–water partition coefficient (Wildman–Crippen LogP) is 4.31. The monoisotopic (exact) mass is 319 g/mol. The molecule has 0 spiro atoms. The van der Waals surface area contributed by atoms with Crippen LogP contribution in [0.1, 0.15) is 35.9 Å². The lowest BCUT2D eigenvalue weighted by Crippen LogP contribution is -2.34. The second kappa shape index (κ2) is 6.01. The van der Waals surface area contributed by atoms with Gasteiger partial charge in [-0.1, -0.05) is 22.8 Å². The minimum Gasteiger partial charge on any atom is -0.359 e. The maximum Gasteiger partial charge on any atom is 0.322 e. The molecule has 2 aromatic rings. The van der Waals surface area contributed by atoms with Gasteiger partial charge in [0.1, 0.15) is 0 Å². The van der Waals surface area contributed by atoms with Crippen LogP contribution < -0.4 is 5.32 Å². The van der Waals surface area contributed by atoms with Crippen LogP contribution in [0.4, 0.5) is 10.5 Å². The van der Waals surface area contributed by atoms with Crippen molar-refractivity contribution in [1.82, 2.24) is 10.1 Å². The molecule has 116 valence electrons. The molecule has 2 amide bonds. The summed E-state index contributed by atoms with van der Waals surface area (Å²) >= 11 is 6.18. The van der Waals surface area contributed by atoms with Gasteiger partial charge in [0, 0.05) is 12.6 Å². The van der Waals surface area contributed by atoms with E-state index in [4.69, 9.17) is 16.1 Å². The first kappa shape index (κ1) is 14.9. The smallest absolute Gasteiger partial charge is 0.322 e. The molecule has 1 aromatic heterocycles. The highest BCUT2D eigenvalue weighted by molar-refractivity contribution is 6.33. The third-order valence-electron chi connectivity index (χ3n) is 3.85. The van der Waals surface area contributed by atoms with Gasteiger partial charge in [0.15, 0.2) is 5.76 Å². The Bertz CT molecular complexity index is 698. The van der Waals surface area contributed by atoms with E-state index >= 15 is 0 Å². The van der Waals surface area contributed by atoms with Crippen LogP contribution in [0.2, 0.25) is 5.02 Å². The number of halogens is 1. The Morgan fingerprint density at radius 2 is 2.23 bits per heavy atom. The molecular formula is C16H18ClN3O2. The number of anilines is 1. The Hall–Kier alpha value is -2.01. The van der Waals surface area contributed by atoms with E-state index in [0.717, 1.165) is 29.9 Å². The van der Waals surface area contributed by atoms with Crippen molar-refractivity contribution in [2.75, 3.05) is 11.9 Å². The largest absolute Gasteiger partial charge is 0.359 e. The highest BCUT2D eigenvalue weighted by Crippen LogP contribution is 2.33. The van der Waals surface area contributed by atoms with Crippen LogP contribution in [0.5, 0.6) is 0 Å². The molecule has 1 atom stereocenters. The molecule has 2 heterocycles. The first-order valence-electron chi connectivity index (χ1n) is 7.31. The van der Waals surface area contributed by atoms with Gasteiger partial charge in [-0.2, -0.15) is 0 Å². The molecule has 6 heteroatoms. The van der Waals surface area contributed by atoms with E-state index in [1.54, 1.807) is 4.90 Å². The second-order valence-corrected chi connectivity index (χ2v) is 6.04. The van der Waals surface area contributed by atoms with Crippen LogP contribution in [0, 0.1) is 13.8 Å². The van der Waals surface area contributed by atoms with Crippen molar-refractivity contribution in [3.63, 3.8) is 0 Å². The summed E-state index contributed by atoms with van der Waals surface area (Å²) in [5, 5.41) is 7.33. The molecule has 5 nitrogen and oxygen atoms in total. The van der Waals surface area contributed by atoms with Crippen LogP contribution >= 0.6 is 11.6 Å². The normalized spacial score (nSPS) is 17.8. The molecule has 0 radical (unpaired) electrons. The SMILES string of the molecule is Cc1ccc(NC(=O)N2CCC[C@H]2c2cc(C)no2)c(Cl)c1. The van der Waals surface area contributed by atoms with Crippen LogP contribution in [-0.2, 0) is 0 Å². The quantitative estimate of drug-likeness (QED) is 0.897. The molecule has 3 rings (SSSR count). The Kier molecular flexibility index (Phi) is 4.07. The van der Waals surface area contributed by atoms with Gasteiger partial charge < -0.3 is 14.7 Å². The number of benzene rings is 1. The van der Waals surface area contributed by atoms with E-state index in [2.05, 4.69) is 10.5 Å². The second-order valence-electron chi connectivity index (χ2n) is 5.64. The average Bonchev–Trinajstić information content (AvgIpc) is 3.10. The average molecular weight is 320 g/mol. The summed E-state index contributed by atoms with van der Waals surface area (Å²) in [6.07, 6.45) is 1.82. The molecule has 0 aliphatic carbocycles. The summed E-state index contributed by atoms with van der Waals surface area (Å²) in [6.45, 7) is 4.53. The first-order valence-corrected chi connectivity index (χ1v) is 7.69. The summed E-state index contributed by atoms with van der Waals surface area (Å²) in [5.41, 5.74) is 2.50. The van der Waals surface area contributed by atoms with Gasteiger partial charge in [0.2, 0.25) is 0 Å². The lowest BCUT2D eigenvalue weighted by molar-refractivity contribution is 0.195. The zero-order valence-corrected chi connectivity index (χ0v) is 13.4. The van der Waals surface area contributed by atoms with E-state index in [-0.39, 0.29) is 12.1 Å². The lowest BCUT2D eigenvalue weighted by atomic mass is 10.1. The Morgan fingerprint density at radius 3 is 2.91 bits per heavy atom. The van der Waals surface area contributed by atoms with Crippen molar-refractivity contribution < 1.29 is 9.32 Å². The fourth-order valence-electron chi connectivity index (χ4n) is 2.75. The predicted molar refractivity (Wildman–Crippen MR) is 85.1 cm³/mol. The highest BCUT2D eigenvalue weighted by Gasteiger charge is 2.32. The van der Waals surface area contributed by atoms with Gasteiger partial charge in [-0.25, -0.2) is 4.79 Å². The summed E-state index contributed by atoms with van der Waals surface area (Å²) in [5.74, 6) is 0.736. The molecular weight excluding hydrogens is 302 g/mol. The number of aromatic nitrogens is 1. The number of likely N-dealkylation sites (tertiary alicyclic amines) is 1. The molecule has 1 fully saturated rings. The Morgan fingerprint density at radius 1 is 1.41 bits per heavy atom. The molecule has 1 N–H and O–H groups in total. The molecule has 22 heavy (non-hydrogen) atoms. The van der Waals surface area contributed by atoms with Gasteiger partial charge in [-0.3, -0.25) is 0 Å². The van der Waals surface area contributed by atoms with Gasteiger partial charge >= 0.3 is 6.03 Å². The number of rotatable bonds is 2.